The topological polar surface area (TPSA) is 90.9 Å². The van der Waals surface area contributed by atoms with Gasteiger partial charge in [-0.2, -0.15) is 0 Å². The molecule has 7 nitrogen and oxygen atoms in total. The monoisotopic (exact) mass is 287 g/mol. The molecule has 0 heterocycles. The first-order valence-corrected chi connectivity index (χ1v) is 6.96. The number of hydrogen-bond donors (Lipinski definition) is 3. The average Bonchev–Trinajstić information content (AvgIpc) is 3.19. The third-order valence-corrected chi connectivity index (χ3v) is 3.36. The lowest BCUT2D eigenvalue weighted by Gasteiger charge is -2.19. The van der Waals surface area contributed by atoms with Crippen LogP contribution in [0.15, 0.2) is 0 Å². The maximum absolute atomic E-state index is 11.7. The van der Waals surface area contributed by atoms with Gasteiger partial charge >= 0.3 is 12.0 Å². The number of urea groups is 1. The largest absolute Gasteiger partial charge is 0.481 e. The molecule has 1 fully saturated rings. The molecule has 7 heteroatoms. The fourth-order valence-corrected chi connectivity index (χ4v) is 1.96. The minimum absolute atomic E-state index is 0.00811. The molecule has 1 atom stereocenters. The van der Waals surface area contributed by atoms with Crippen molar-refractivity contribution in [1.29, 1.82) is 0 Å². The Kier molecular flexibility index (Phi) is 7.32. The number of hydrogen-bond acceptors (Lipinski definition) is 4. The van der Waals surface area contributed by atoms with Gasteiger partial charge in [0.25, 0.3) is 0 Å². The van der Waals surface area contributed by atoms with Gasteiger partial charge in [-0.25, -0.2) is 4.79 Å². The van der Waals surface area contributed by atoms with Crippen LogP contribution in [0.2, 0.25) is 0 Å². The highest BCUT2D eigenvalue weighted by Crippen LogP contribution is 2.33. The number of rotatable bonds is 10. The highest BCUT2D eigenvalue weighted by molar-refractivity contribution is 5.75. The van der Waals surface area contributed by atoms with Crippen molar-refractivity contribution < 1.29 is 19.4 Å². The van der Waals surface area contributed by atoms with Crippen molar-refractivity contribution in [1.82, 2.24) is 15.5 Å². The normalized spacial score (nSPS) is 15.9. The van der Waals surface area contributed by atoms with Gasteiger partial charge in [0, 0.05) is 32.8 Å². The number of methoxy groups -OCH3 is 1. The SMILES string of the molecule is COCCN(C)CCNC(=O)NC(CC(=O)O)C1CC1. The van der Waals surface area contributed by atoms with E-state index in [0.29, 0.717) is 19.1 Å². The van der Waals surface area contributed by atoms with Crippen molar-refractivity contribution in [3.8, 4) is 0 Å². The molecule has 1 saturated carbocycles. The zero-order valence-electron chi connectivity index (χ0n) is 12.2. The van der Waals surface area contributed by atoms with Crippen LogP contribution in [0.3, 0.4) is 0 Å². The second-order valence-corrected chi connectivity index (χ2v) is 5.24. The van der Waals surface area contributed by atoms with E-state index < -0.39 is 5.97 Å². The molecule has 116 valence electrons. The number of nitrogens with one attached hydrogen (secondary N) is 2. The van der Waals surface area contributed by atoms with Crippen LogP contribution in [0.1, 0.15) is 19.3 Å². The zero-order chi connectivity index (χ0) is 15.0. The second kappa shape index (κ2) is 8.76. The molecule has 1 aliphatic carbocycles. The fraction of sp³-hybridized carbons (Fsp3) is 0.846. The Morgan fingerprint density at radius 2 is 2.10 bits per heavy atom. The summed E-state index contributed by atoms with van der Waals surface area (Å²) >= 11 is 0. The summed E-state index contributed by atoms with van der Waals surface area (Å²) in [5.74, 6) is -0.553. The van der Waals surface area contributed by atoms with Gasteiger partial charge in [0.05, 0.1) is 13.0 Å². The van der Waals surface area contributed by atoms with Crippen LogP contribution in [-0.2, 0) is 9.53 Å². The Labute approximate surface area is 119 Å². The standard InChI is InChI=1S/C13H25N3O4/c1-16(7-8-20-2)6-5-14-13(19)15-11(9-12(17)18)10-3-4-10/h10-11H,3-9H2,1-2H3,(H,17,18)(H2,14,15,19). The van der Waals surface area contributed by atoms with Crippen molar-refractivity contribution in [2.24, 2.45) is 5.92 Å². The predicted molar refractivity (Wildman–Crippen MR) is 74.7 cm³/mol. The van der Waals surface area contributed by atoms with E-state index in [0.717, 1.165) is 25.9 Å². The molecule has 0 bridgehead atoms. The molecule has 0 aromatic heterocycles. The van der Waals surface area contributed by atoms with Crippen LogP contribution in [0.5, 0.6) is 0 Å². The Hall–Kier alpha value is -1.34. The summed E-state index contributed by atoms with van der Waals surface area (Å²) in [4.78, 5) is 24.5. The number of carboxylic acid groups (broad SMARTS) is 1. The van der Waals surface area contributed by atoms with Gasteiger partial charge in [-0.1, -0.05) is 0 Å². The number of ether oxygens (including phenoxy) is 1. The van der Waals surface area contributed by atoms with E-state index in [4.69, 9.17) is 9.84 Å². The first kappa shape index (κ1) is 16.7. The molecule has 20 heavy (non-hydrogen) atoms. The minimum Gasteiger partial charge on any atom is -0.481 e. The Balaban J connectivity index is 2.16. The Morgan fingerprint density at radius 1 is 1.40 bits per heavy atom. The molecule has 0 aromatic carbocycles. The number of amides is 2. The maximum atomic E-state index is 11.7. The lowest BCUT2D eigenvalue weighted by molar-refractivity contribution is -0.137. The number of nitrogens with zero attached hydrogens (tertiary/aromatic N) is 1. The van der Waals surface area contributed by atoms with Crippen LogP contribution in [0.4, 0.5) is 4.79 Å². The summed E-state index contributed by atoms with van der Waals surface area (Å²) in [6, 6.07) is -0.540. The molecular formula is C13H25N3O4. The molecule has 0 saturated heterocycles. The first-order valence-electron chi connectivity index (χ1n) is 6.96. The zero-order valence-corrected chi connectivity index (χ0v) is 12.2. The summed E-state index contributed by atoms with van der Waals surface area (Å²) in [5, 5.41) is 14.3. The van der Waals surface area contributed by atoms with Crippen molar-refractivity contribution >= 4 is 12.0 Å². The molecule has 0 radical (unpaired) electrons. The van der Waals surface area contributed by atoms with Gasteiger partial charge in [0.1, 0.15) is 0 Å². The van der Waals surface area contributed by atoms with E-state index in [1.54, 1.807) is 7.11 Å². The van der Waals surface area contributed by atoms with E-state index in [-0.39, 0.29) is 18.5 Å². The first-order chi connectivity index (χ1) is 9.52. The lowest BCUT2D eigenvalue weighted by Crippen LogP contribution is -2.46. The van der Waals surface area contributed by atoms with E-state index >= 15 is 0 Å². The summed E-state index contributed by atoms with van der Waals surface area (Å²) in [7, 11) is 3.61. The number of likely N-dealkylation sites (N-methyl/N-ethyl adjacent to an activating group) is 1. The fourth-order valence-electron chi connectivity index (χ4n) is 1.96. The molecule has 0 aromatic rings. The third-order valence-electron chi connectivity index (χ3n) is 3.36. The molecule has 0 aliphatic heterocycles. The van der Waals surface area contributed by atoms with Crippen molar-refractivity contribution in [2.45, 2.75) is 25.3 Å². The Bertz CT molecular complexity index is 321. The quantitative estimate of drug-likeness (QED) is 0.531. The van der Waals surface area contributed by atoms with Gasteiger partial charge in [-0.3, -0.25) is 4.79 Å². The van der Waals surface area contributed by atoms with Crippen LogP contribution in [-0.4, -0.2) is 68.4 Å². The molecule has 0 spiro atoms. The lowest BCUT2D eigenvalue weighted by atomic mass is 10.1. The van der Waals surface area contributed by atoms with Crippen LogP contribution < -0.4 is 10.6 Å². The van der Waals surface area contributed by atoms with Crippen molar-refractivity contribution in [3.05, 3.63) is 0 Å². The van der Waals surface area contributed by atoms with E-state index in [1.807, 2.05) is 7.05 Å². The van der Waals surface area contributed by atoms with Gasteiger partial charge in [0.2, 0.25) is 0 Å². The smallest absolute Gasteiger partial charge is 0.315 e. The summed E-state index contributed by atoms with van der Waals surface area (Å²) < 4.78 is 4.97. The predicted octanol–water partition coefficient (Wildman–Crippen LogP) is 0.117. The van der Waals surface area contributed by atoms with Gasteiger partial charge < -0.3 is 25.4 Å². The summed E-state index contributed by atoms with van der Waals surface area (Å²) in [6.07, 6.45) is 1.99. The number of aliphatic carboxylic acids is 1. The molecule has 1 rings (SSSR count). The molecule has 1 aliphatic rings. The molecular weight excluding hydrogens is 262 g/mol. The highest BCUT2D eigenvalue weighted by atomic mass is 16.5. The van der Waals surface area contributed by atoms with E-state index in [2.05, 4.69) is 15.5 Å². The average molecular weight is 287 g/mol. The molecule has 2 amide bonds. The van der Waals surface area contributed by atoms with E-state index in [1.165, 1.54) is 0 Å². The third kappa shape index (κ3) is 7.30. The van der Waals surface area contributed by atoms with Gasteiger partial charge in [-0.05, 0) is 25.8 Å². The second-order valence-electron chi connectivity index (χ2n) is 5.24. The van der Waals surface area contributed by atoms with Crippen molar-refractivity contribution in [2.75, 3.05) is 40.4 Å². The Morgan fingerprint density at radius 3 is 2.65 bits per heavy atom. The van der Waals surface area contributed by atoms with Crippen molar-refractivity contribution in [3.63, 3.8) is 0 Å². The highest BCUT2D eigenvalue weighted by Gasteiger charge is 2.33. The minimum atomic E-state index is -0.874. The summed E-state index contributed by atoms with van der Waals surface area (Å²) in [6.45, 7) is 2.72. The number of carbonyl (C=O) groups is 2. The molecule has 1 unspecified atom stereocenters. The van der Waals surface area contributed by atoms with Gasteiger partial charge in [0.15, 0.2) is 0 Å². The number of carbonyl (C=O) groups excluding carboxylic acids is 1. The maximum Gasteiger partial charge on any atom is 0.315 e. The van der Waals surface area contributed by atoms with Gasteiger partial charge in [-0.15, -0.1) is 0 Å². The van der Waals surface area contributed by atoms with Crippen LogP contribution >= 0.6 is 0 Å². The van der Waals surface area contributed by atoms with Crippen LogP contribution in [0.25, 0.3) is 0 Å². The van der Waals surface area contributed by atoms with E-state index in [9.17, 15) is 9.59 Å². The number of carboxylic acids is 1. The molecule has 3 N–H and O–H groups in total. The summed E-state index contributed by atoms with van der Waals surface area (Å²) in [5.41, 5.74) is 0. The van der Waals surface area contributed by atoms with Crippen LogP contribution in [0, 0.1) is 5.92 Å².